The number of hydrogen-bond donors (Lipinski definition) is 0. The van der Waals surface area contributed by atoms with E-state index in [0.29, 0.717) is 0 Å². The van der Waals surface area contributed by atoms with Crippen molar-refractivity contribution in [2.24, 2.45) is 0 Å². The summed E-state index contributed by atoms with van der Waals surface area (Å²) in [5.41, 5.74) is 11.3. The molecule has 0 aromatic heterocycles. The van der Waals surface area contributed by atoms with Crippen LogP contribution in [0.1, 0.15) is 48.6 Å². The van der Waals surface area contributed by atoms with Crippen LogP contribution in [0.15, 0.2) is 170 Å². The van der Waals surface area contributed by atoms with E-state index in [1.807, 2.05) is 6.07 Å². The lowest BCUT2D eigenvalue weighted by Crippen LogP contribution is -2.36. The molecular formula is C49H46ClN2+. The minimum atomic E-state index is -0.319. The van der Waals surface area contributed by atoms with Crippen molar-refractivity contribution in [3.8, 4) is 0 Å². The third-order valence-corrected chi connectivity index (χ3v) is 11.6. The van der Waals surface area contributed by atoms with Crippen molar-refractivity contribution in [3.63, 3.8) is 0 Å². The zero-order valence-corrected chi connectivity index (χ0v) is 31.2. The number of likely N-dealkylation sites (N-methyl/N-ethyl adjacent to an activating group) is 1. The number of hydrogen-bond acceptors (Lipinski definition) is 1. The highest BCUT2D eigenvalue weighted by molar-refractivity contribution is 6.30. The quantitative estimate of drug-likeness (QED) is 0.129. The van der Waals surface area contributed by atoms with Gasteiger partial charge in [-0.1, -0.05) is 133 Å². The maximum Gasteiger partial charge on any atom is 0.210 e. The van der Waals surface area contributed by atoms with Crippen molar-refractivity contribution in [2.75, 3.05) is 18.0 Å². The van der Waals surface area contributed by atoms with Crippen LogP contribution >= 0.6 is 11.6 Å². The summed E-state index contributed by atoms with van der Waals surface area (Å²) in [6.45, 7) is 8.75. The molecule has 0 radical (unpaired) electrons. The van der Waals surface area contributed by atoms with Gasteiger partial charge < -0.3 is 4.90 Å². The Morgan fingerprint density at radius 3 is 1.88 bits per heavy atom. The van der Waals surface area contributed by atoms with Crippen LogP contribution in [0.3, 0.4) is 0 Å². The second kappa shape index (κ2) is 14.1. The van der Waals surface area contributed by atoms with Crippen LogP contribution in [0.4, 0.5) is 11.4 Å². The first kappa shape index (κ1) is 33.9. The predicted molar refractivity (Wildman–Crippen MR) is 221 cm³/mol. The lowest BCUT2D eigenvalue weighted by Gasteiger charge is -2.34. The van der Waals surface area contributed by atoms with Gasteiger partial charge in [-0.25, -0.2) is 0 Å². The van der Waals surface area contributed by atoms with Gasteiger partial charge in [-0.15, -0.1) is 0 Å². The highest BCUT2D eigenvalue weighted by atomic mass is 35.5. The standard InChI is InChI=1S/C49H46ClN2/c1-4-51-43-31-29-40(50)32-42(43)49(34-37-20-11-7-12-21-37,35-38-22-13-8-14-23-38)46(51)27-17-26-45-48(3,33-36-18-9-6-10-19-36)47-41-25-16-15-24-39(41)28-30-44(47)52(45)5-2/h6-32H,4-5,33-35H2,1-3H3/q+1. The molecule has 0 aliphatic carbocycles. The second-order valence-corrected chi connectivity index (χ2v) is 15.0. The van der Waals surface area contributed by atoms with E-state index < -0.39 is 0 Å². The first-order valence-electron chi connectivity index (χ1n) is 18.7. The van der Waals surface area contributed by atoms with Crippen molar-refractivity contribution in [1.29, 1.82) is 0 Å². The molecule has 2 nitrogen and oxygen atoms in total. The molecule has 0 N–H and O–H groups in total. The number of fused-ring (bicyclic) bond motifs is 4. The summed E-state index contributed by atoms with van der Waals surface area (Å²) < 4.78 is 2.54. The average Bonchev–Trinajstić information content (AvgIpc) is 3.56. The molecule has 0 saturated carbocycles. The maximum absolute atomic E-state index is 6.84. The van der Waals surface area contributed by atoms with E-state index >= 15 is 0 Å². The van der Waals surface area contributed by atoms with E-state index in [1.165, 1.54) is 61.4 Å². The van der Waals surface area contributed by atoms with Crippen molar-refractivity contribution in [1.82, 2.24) is 0 Å². The summed E-state index contributed by atoms with van der Waals surface area (Å²) in [5.74, 6) is 0. The lowest BCUT2D eigenvalue weighted by atomic mass is 9.70. The molecule has 6 aromatic carbocycles. The Bertz CT molecular complexity index is 2280. The summed E-state index contributed by atoms with van der Waals surface area (Å²) in [7, 11) is 0. The van der Waals surface area contributed by atoms with Crippen LogP contribution in [-0.2, 0) is 30.1 Å². The van der Waals surface area contributed by atoms with Gasteiger partial charge >= 0.3 is 0 Å². The van der Waals surface area contributed by atoms with E-state index in [2.05, 4.69) is 188 Å². The highest BCUT2D eigenvalue weighted by Gasteiger charge is 2.49. The van der Waals surface area contributed by atoms with E-state index in [4.69, 9.17) is 11.6 Å². The molecule has 52 heavy (non-hydrogen) atoms. The molecule has 8 rings (SSSR count). The molecular weight excluding hydrogens is 652 g/mol. The van der Waals surface area contributed by atoms with E-state index in [0.717, 1.165) is 37.4 Å². The van der Waals surface area contributed by atoms with Crippen molar-refractivity contribution in [2.45, 2.75) is 50.9 Å². The summed E-state index contributed by atoms with van der Waals surface area (Å²) in [5, 5.41) is 3.40. The Labute approximate surface area is 314 Å². The lowest BCUT2D eigenvalue weighted by molar-refractivity contribution is -0.433. The van der Waals surface area contributed by atoms with E-state index in [9.17, 15) is 0 Å². The van der Waals surface area contributed by atoms with Gasteiger partial charge in [0, 0.05) is 46.1 Å². The number of halogens is 1. The SMILES string of the molecule is CCN1C(=CC=CC2=[N+](CC)c3ccc4ccccc4c3C2(C)Cc2ccccc2)C(Cc2ccccc2)(Cc2ccccc2)c2cc(Cl)ccc21. The van der Waals surface area contributed by atoms with Crippen LogP contribution in [0.25, 0.3) is 10.8 Å². The van der Waals surface area contributed by atoms with Gasteiger partial charge in [0.05, 0.1) is 5.41 Å². The molecule has 1 unspecified atom stereocenters. The molecule has 0 spiro atoms. The van der Waals surface area contributed by atoms with Gasteiger partial charge in [-0.2, -0.15) is 4.58 Å². The van der Waals surface area contributed by atoms with Crippen molar-refractivity contribution < 1.29 is 4.58 Å². The molecule has 258 valence electrons. The summed E-state index contributed by atoms with van der Waals surface area (Å²) in [6.07, 6.45) is 9.81. The fourth-order valence-corrected chi connectivity index (χ4v) is 9.39. The number of rotatable bonds is 10. The fourth-order valence-electron chi connectivity index (χ4n) is 9.21. The smallest absolute Gasteiger partial charge is 0.210 e. The molecule has 6 aromatic rings. The maximum atomic E-state index is 6.84. The Morgan fingerprint density at radius 2 is 1.27 bits per heavy atom. The van der Waals surface area contributed by atoms with Gasteiger partial charge in [0.1, 0.15) is 6.54 Å². The molecule has 0 bridgehead atoms. The summed E-state index contributed by atoms with van der Waals surface area (Å²) >= 11 is 6.84. The Morgan fingerprint density at radius 1 is 0.673 bits per heavy atom. The largest absolute Gasteiger partial charge is 0.344 e. The zero-order valence-electron chi connectivity index (χ0n) is 30.4. The third kappa shape index (κ3) is 5.90. The molecule has 0 amide bonds. The predicted octanol–water partition coefficient (Wildman–Crippen LogP) is 11.8. The van der Waals surface area contributed by atoms with Crippen LogP contribution in [0.2, 0.25) is 5.02 Å². The first-order valence-corrected chi connectivity index (χ1v) is 19.1. The van der Waals surface area contributed by atoms with Crippen LogP contribution in [0.5, 0.6) is 0 Å². The van der Waals surface area contributed by atoms with E-state index in [1.54, 1.807) is 0 Å². The van der Waals surface area contributed by atoms with Crippen molar-refractivity contribution >= 4 is 39.5 Å². The molecule has 0 saturated heterocycles. The summed E-state index contributed by atoms with van der Waals surface area (Å²) in [6, 6.07) is 52.9. The molecule has 0 fully saturated rings. The minimum Gasteiger partial charge on any atom is -0.344 e. The Hall–Kier alpha value is -5.18. The molecule has 2 aliphatic heterocycles. The minimum absolute atomic E-state index is 0.232. The average molecular weight is 698 g/mol. The molecule has 2 heterocycles. The zero-order chi connectivity index (χ0) is 35.7. The topological polar surface area (TPSA) is 6.25 Å². The molecule has 2 aliphatic rings. The van der Waals surface area contributed by atoms with Crippen LogP contribution in [-0.4, -0.2) is 23.4 Å². The fraction of sp³-hybridized carbons (Fsp3) is 0.204. The van der Waals surface area contributed by atoms with Gasteiger partial charge in [0.25, 0.3) is 0 Å². The summed E-state index contributed by atoms with van der Waals surface area (Å²) in [4.78, 5) is 2.52. The number of allylic oxidation sites excluding steroid dienone is 4. The van der Waals surface area contributed by atoms with E-state index in [-0.39, 0.29) is 10.8 Å². The first-order chi connectivity index (χ1) is 25.4. The monoisotopic (exact) mass is 697 g/mol. The van der Waals surface area contributed by atoms with Crippen LogP contribution < -0.4 is 4.90 Å². The Kier molecular flexibility index (Phi) is 9.20. The van der Waals surface area contributed by atoms with Gasteiger partial charge in [0.2, 0.25) is 5.69 Å². The number of benzene rings is 6. The van der Waals surface area contributed by atoms with Gasteiger partial charge in [-0.05, 0) is 103 Å². The molecule has 3 heteroatoms. The third-order valence-electron chi connectivity index (χ3n) is 11.4. The van der Waals surface area contributed by atoms with Crippen LogP contribution in [0, 0.1) is 0 Å². The van der Waals surface area contributed by atoms with Gasteiger partial charge in [-0.3, -0.25) is 0 Å². The number of nitrogens with zero attached hydrogens (tertiary/aromatic N) is 2. The Balaban J connectivity index is 1.31. The molecule has 1 atom stereocenters. The highest BCUT2D eigenvalue weighted by Crippen LogP contribution is 2.53. The second-order valence-electron chi connectivity index (χ2n) is 14.5. The number of anilines is 1. The van der Waals surface area contributed by atoms with Gasteiger partial charge in [0.15, 0.2) is 5.71 Å². The van der Waals surface area contributed by atoms with Crippen molar-refractivity contribution in [3.05, 3.63) is 202 Å². The normalized spacial score (nSPS) is 18.5.